The molecule has 1 rings (SSSR count). The predicted molar refractivity (Wildman–Crippen MR) is 71.7 cm³/mol. The average molecular weight is 252 g/mol. The molecule has 0 radical (unpaired) electrons. The van der Waals surface area contributed by atoms with Crippen LogP contribution in [0.25, 0.3) is 0 Å². The lowest BCUT2D eigenvalue weighted by atomic mass is 10.2. The zero-order valence-electron chi connectivity index (χ0n) is 11.0. The molecule has 1 aromatic heterocycles. The van der Waals surface area contributed by atoms with Gasteiger partial charge in [-0.05, 0) is 18.6 Å². The molecule has 0 bridgehead atoms. The van der Waals surface area contributed by atoms with Gasteiger partial charge in [0.05, 0.1) is 11.7 Å². The molecule has 0 aliphatic rings. The largest absolute Gasteiger partial charge is 0.385 e. The quantitative estimate of drug-likeness (QED) is 0.768. The molecule has 0 aliphatic heterocycles. The van der Waals surface area contributed by atoms with Crippen LogP contribution in [0.4, 0.5) is 11.5 Å². The zero-order chi connectivity index (χ0) is 13.5. The first-order valence-electron chi connectivity index (χ1n) is 5.74. The van der Waals surface area contributed by atoms with Crippen LogP contribution in [0.2, 0.25) is 0 Å². The molecule has 1 heterocycles. The van der Waals surface area contributed by atoms with Crippen LogP contribution in [0.1, 0.15) is 6.42 Å². The van der Waals surface area contributed by atoms with E-state index in [1.165, 1.54) is 0 Å². The summed E-state index contributed by atoms with van der Waals surface area (Å²) >= 11 is 0. The lowest BCUT2D eigenvalue weighted by molar-refractivity contribution is -0.117. The van der Waals surface area contributed by atoms with Crippen LogP contribution < -0.4 is 16.0 Å². The topological polar surface area (TPSA) is 80.5 Å². The van der Waals surface area contributed by atoms with Crippen molar-refractivity contribution in [3.8, 4) is 0 Å². The van der Waals surface area contributed by atoms with Crippen molar-refractivity contribution < 1.29 is 9.53 Å². The van der Waals surface area contributed by atoms with Crippen molar-refractivity contribution >= 4 is 17.4 Å². The fourth-order valence-corrected chi connectivity index (χ4v) is 1.45. The molecule has 3 N–H and O–H groups in total. The number of methoxy groups -OCH3 is 1. The summed E-state index contributed by atoms with van der Waals surface area (Å²) in [5.74, 6) is 0.466. The first-order chi connectivity index (χ1) is 8.56. The Labute approximate surface area is 107 Å². The Kier molecular flexibility index (Phi) is 5.54. The molecular formula is C12H20N4O2. The van der Waals surface area contributed by atoms with Crippen molar-refractivity contribution in [3.05, 3.63) is 18.3 Å². The summed E-state index contributed by atoms with van der Waals surface area (Å²) in [5.41, 5.74) is 6.40. The van der Waals surface area contributed by atoms with E-state index in [9.17, 15) is 4.79 Å². The Bertz CT molecular complexity index is 395. The lowest BCUT2D eigenvalue weighted by Crippen LogP contribution is -2.36. The van der Waals surface area contributed by atoms with E-state index in [0.29, 0.717) is 24.5 Å². The summed E-state index contributed by atoms with van der Waals surface area (Å²) in [7, 11) is 5.31. The number of nitrogens with zero attached hydrogens (tertiary/aromatic N) is 2. The number of nitrogens with two attached hydrogens (primary N) is 1. The minimum atomic E-state index is -0.583. The standard InChI is InChI=1S/C12H20N4O2/c1-16(2)11-10(5-4-7-14-11)15-12(17)9(13)6-8-18-3/h4-5,7,9H,6,8,13H2,1-3H3,(H,15,17). The summed E-state index contributed by atoms with van der Waals surface area (Å²) in [4.78, 5) is 17.9. The number of carbonyl (C=O) groups is 1. The number of ether oxygens (including phenoxy) is 1. The van der Waals surface area contributed by atoms with E-state index in [2.05, 4.69) is 10.3 Å². The van der Waals surface area contributed by atoms with Gasteiger partial charge in [0.2, 0.25) is 5.91 Å². The van der Waals surface area contributed by atoms with Gasteiger partial charge in [-0.15, -0.1) is 0 Å². The van der Waals surface area contributed by atoms with E-state index in [1.54, 1.807) is 25.4 Å². The van der Waals surface area contributed by atoms with E-state index in [-0.39, 0.29) is 5.91 Å². The fraction of sp³-hybridized carbons (Fsp3) is 0.500. The highest BCUT2D eigenvalue weighted by Gasteiger charge is 2.15. The van der Waals surface area contributed by atoms with Gasteiger partial charge in [-0.3, -0.25) is 4.79 Å². The average Bonchev–Trinajstić information content (AvgIpc) is 2.36. The number of amides is 1. The smallest absolute Gasteiger partial charge is 0.241 e. The van der Waals surface area contributed by atoms with E-state index in [1.807, 2.05) is 19.0 Å². The number of nitrogens with one attached hydrogen (secondary N) is 1. The second kappa shape index (κ2) is 6.93. The van der Waals surface area contributed by atoms with Crippen LogP contribution in [-0.2, 0) is 9.53 Å². The molecule has 0 aliphatic carbocycles. The Morgan fingerprint density at radius 1 is 1.61 bits per heavy atom. The van der Waals surface area contributed by atoms with E-state index in [0.717, 1.165) is 0 Å². The van der Waals surface area contributed by atoms with E-state index < -0.39 is 6.04 Å². The third kappa shape index (κ3) is 3.97. The van der Waals surface area contributed by atoms with Gasteiger partial charge in [-0.25, -0.2) is 4.98 Å². The van der Waals surface area contributed by atoms with Crippen molar-refractivity contribution in [3.63, 3.8) is 0 Å². The third-order valence-electron chi connectivity index (χ3n) is 2.44. The molecule has 1 amide bonds. The van der Waals surface area contributed by atoms with Crippen molar-refractivity contribution in [2.24, 2.45) is 5.73 Å². The van der Waals surface area contributed by atoms with Gasteiger partial charge in [0.25, 0.3) is 0 Å². The van der Waals surface area contributed by atoms with Gasteiger partial charge in [-0.1, -0.05) is 0 Å². The first kappa shape index (κ1) is 14.4. The molecule has 1 unspecified atom stereocenters. The molecule has 18 heavy (non-hydrogen) atoms. The second-order valence-electron chi connectivity index (χ2n) is 4.15. The number of aromatic nitrogens is 1. The molecule has 0 spiro atoms. The maximum Gasteiger partial charge on any atom is 0.241 e. The van der Waals surface area contributed by atoms with Crippen molar-refractivity contribution in [2.45, 2.75) is 12.5 Å². The monoisotopic (exact) mass is 252 g/mol. The van der Waals surface area contributed by atoms with Gasteiger partial charge >= 0.3 is 0 Å². The summed E-state index contributed by atoms with van der Waals surface area (Å²) in [6.07, 6.45) is 2.16. The van der Waals surface area contributed by atoms with Crippen LogP contribution >= 0.6 is 0 Å². The zero-order valence-corrected chi connectivity index (χ0v) is 11.0. The SMILES string of the molecule is COCCC(N)C(=O)Nc1cccnc1N(C)C. The summed E-state index contributed by atoms with van der Waals surface area (Å²) in [6.45, 7) is 0.460. The highest BCUT2D eigenvalue weighted by molar-refractivity contribution is 5.96. The Morgan fingerprint density at radius 3 is 2.94 bits per heavy atom. The molecule has 0 aromatic carbocycles. The van der Waals surface area contributed by atoms with Crippen LogP contribution in [0, 0.1) is 0 Å². The Morgan fingerprint density at radius 2 is 2.33 bits per heavy atom. The maximum atomic E-state index is 11.9. The van der Waals surface area contributed by atoms with Crippen molar-refractivity contribution in [1.82, 2.24) is 4.98 Å². The number of anilines is 2. The molecule has 6 nitrogen and oxygen atoms in total. The summed E-state index contributed by atoms with van der Waals surface area (Å²) in [5, 5.41) is 2.78. The highest BCUT2D eigenvalue weighted by atomic mass is 16.5. The van der Waals surface area contributed by atoms with Crippen molar-refractivity contribution in [1.29, 1.82) is 0 Å². The molecule has 0 saturated carbocycles. The number of pyridine rings is 1. The first-order valence-corrected chi connectivity index (χ1v) is 5.74. The number of hydrogen-bond donors (Lipinski definition) is 2. The Balaban J connectivity index is 2.69. The molecule has 6 heteroatoms. The number of hydrogen-bond acceptors (Lipinski definition) is 5. The molecular weight excluding hydrogens is 232 g/mol. The Hall–Kier alpha value is -1.66. The van der Waals surface area contributed by atoms with Gasteiger partial charge in [0, 0.05) is 34.0 Å². The van der Waals surface area contributed by atoms with Crippen LogP contribution in [-0.4, -0.2) is 44.7 Å². The van der Waals surface area contributed by atoms with Gasteiger partial charge in [-0.2, -0.15) is 0 Å². The molecule has 0 saturated heterocycles. The molecule has 0 fully saturated rings. The minimum absolute atomic E-state index is 0.233. The normalized spacial score (nSPS) is 12.0. The van der Waals surface area contributed by atoms with E-state index in [4.69, 9.17) is 10.5 Å². The van der Waals surface area contributed by atoms with Crippen molar-refractivity contribution in [2.75, 3.05) is 38.0 Å². The predicted octanol–water partition coefficient (Wildman–Crippen LogP) is 0.450. The number of rotatable bonds is 6. The third-order valence-corrected chi connectivity index (χ3v) is 2.44. The summed E-state index contributed by atoms with van der Waals surface area (Å²) in [6, 6.07) is 2.98. The van der Waals surface area contributed by atoms with Crippen LogP contribution in [0.5, 0.6) is 0 Å². The molecule has 1 atom stereocenters. The summed E-state index contributed by atoms with van der Waals surface area (Å²) < 4.78 is 4.89. The molecule has 100 valence electrons. The lowest BCUT2D eigenvalue weighted by Gasteiger charge is -2.17. The van der Waals surface area contributed by atoms with Gasteiger partial charge in [0.15, 0.2) is 5.82 Å². The highest BCUT2D eigenvalue weighted by Crippen LogP contribution is 2.20. The maximum absolute atomic E-state index is 11.9. The van der Waals surface area contributed by atoms with Gasteiger partial charge in [0.1, 0.15) is 0 Å². The van der Waals surface area contributed by atoms with Gasteiger partial charge < -0.3 is 20.7 Å². The van der Waals surface area contributed by atoms with Crippen LogP contribution in [0.15, 0.2) is 18.3 Å². The molecule has 1 aromatic rings. The number of carbonyl (C=O) groups excluding carboxylic acids is 1. The second-order valence-corrected chi connectivity index (χ2v) is 4.15. The van der Waals surface area contributed by atoms with E-state index >= 15 is 0 Å². The minimum Gasteiger partial charge on any atom is -0.385 e. The van der Waals surface area contributed by atoms with Crippen LogP contribution in [0.3, 0.4) is 0 Å². The fourth-order valence-electron chi connectivity index (χ4n) is 1.45.